The van der Waals surface area contributed by atoms with Crippen LogP contribution in [0.5, 0.6) is 0 Å². The molecular weight excluding hydrogens is 304 g/mol. The Kier molecular flexibility index (Phi) is 3.42. The number of para-hydroxylation sites is 1. The number of nitrogens with one attached hydrogen (secondary N) is 2. The van der Waals surface area contributed by atoms with Crippen LogP contribution in [0.1, 0.15) is 5.56 Å². The van der Waals surface area contributed by atoms with Crippen LogP contribution in [0, 0.1) is 0 Å². The molecule has 4 aromatic rings. The predicted octanol–water partition coefficient (Wildman–Crippen LogP) is 3.64. The second-order valence-corrected chi connectivity index (χ2v) is 5.64. The van der Waals surface area contributed by atoms with E-state index in [9.17, 15) is 4.79 Å². The van der Waals surface area contributed by atoms with E-state index in [0.29, 0.717) is 12.2 Å². The molecule has 0 radical (unpaired) electrons. The molecule has 2 N–H and O–H groups in total. The number of aromatic nitrogens is 2. The summed E-state index contributed by atoms with van der Waals surface area (Å²) in [6.45, 7) is 0.423. The van der Waals surface area contributed by atoms with Crippen LogP contribution in [0.2, 0.25) is 0 Å². The zero-order chi connectivity index (χ0) is 16.5. The van der Waals surface area contributed by atoms with Crippen molar-refractivity contribution < 1.29 is 9.21 Å². The Morgan fingerprint density at radius 1 is 1.17 bits per heavy atom. The fourth-order valence-electron chi connectivity index (χ4n) is 2.72. The largest absolute Gasteiger partial charge is 0.456 e. The average Bonchev–Trinajstić information content (AvgIpc) is 3.15. The van der Waals surface area contributed by atoms with Crippen LogP contribution in [0.4, 0.5) is 10.5 Å². The van der Waals surface area contributed by atoms with Crippen molar-refractivity contribution in [2.24, 2.45) is 7.05 Å². The van der Waals surface area contributed by atoms with Crippen molar-refractivity contribution in [3.63, 3.8) is 0 Å². The average molecular weight is 320 g/mol. The Bertz CT molecular complexity index is 1030. The Hall–Kier alpha value is -3.28. The van der Waals surface area contributed by atoms with E-state index < -0.39 is 0 Å². The van der Waals surface area contributed by atoms with Gasteiger partial charge in [-0.25, -0.2) is 4.79 Å². The molecule has 0 aliphatic carbocycles. The quantitative estimate of drug-likeness (QED) is 0.605. The fraction of sp³-hybridized carbons (Fsp3) is 0.111. The number of rotatable bonds is 3. The summed E-state index contributed by atoms with van der Waals surface area (Å²) in [6, 6.07) is 13.3. The van der Waals surface area contributed by atoms with E-state index in [4.69, 9.17) is 4.42 Å². The van der Waals surface area contributed by atoms with Crippen LogP contribution in [0.15, 0.2) is 59.3 Å². The summed E-state index contributed by atoms with van der Waals surface area (Å²) < 4.78 is 7.52. The molecular formula is C18H16N4O2. The Morgan fingerprint density at radius 2 is 2.00 bits per heavy atom. The van der Waals surface area contributed by atoms with Gasteiger partial charge < -0.3 is 15.1 Å². The zero-order valence-electron chi connectivity index (χ0n) is 13.1. The number of nitrogens with zero attached hydrogens (tertiary/aromatic N) is 2. The summed E-state index contributed by atoms with van der Waals surface area (Å²) in [7, 11) is 1.84. The first-order valence-corrected chi connectivity index (χ1v) is 7.63. The highest BCUT2D eigenvalue weighted by molar-refractivity contribution is 6.06. The number of anilines is 1. The number of furan rings is 1. The first-order chi connectivity index (χ1) is 11.7. The molecule has 6 nitrogen and oxygen atoms in total. The lowest BCUT2D eigenvalue weighted by molar-refractivity contribution is 0.251. The monoisotopic (exact) mass is 320 g/mol. The van der Waals surface area contributed by atoms with E-state index in [1.54, 1.807) is 10.9 Å². The van der Waals surface area contributed by atoms with Crippen molar-refractivity contribution in [1.82, 2.24) is 15.1 Å². The number of carbonyl (C=O) groups excluding carboxylic acids is 1. The zero-order valence-corrected chi connectivity index (χ0v) is 13.1. The van der Waals surface area contributed by atoms with Crippen molar-refractivity contribution in [2.75, 3.05) is 5.32 Å². The van der Waals surface area contributed by atoms with Gasteiger partial charge in [0.25, 0.3) is 0 Å². The molecule has 4 rings (SSSR count). The topological polar surface area (TPSA) is 72.1 Å². The third-order valence-corrected chi connectivity index (χ3v) is 3.85. The highest BCUT2D eigenvalue weighted by atomic mass is 16.3. The second-order valence-electron chi connectivity index (χ2n) is 5.64. The molecule has 0 bridgehead atoms. The maximum atomic E-state index is 12.0. The molecule has 0 aliphatic heterocycles. The molecule has 2 aromatic carbocycles. The molecule has 2 amide bonds. The van der Waals surface area contributed by atoms with Gasteiger partial charge in [0.05, 0.1) is 6.20 Å². The Labute approximate surface area is 138 Å². The van der Waals surface area contributed by atoms with Crippen LogP contribution < -0.4 is 10.6 Å². The predicted molar refractivity (Wildman–Crippen MR) is 92.8 cm³/mol. The molecule has 0 atom stereocenters. The van der Waals surface area contributed by atoms with Gasteiger partial charge in [0, 0.05) is 47.9 Å². The SMILES string of the molecule is Cn1cc(CNC(=O)Nc2ccc3c(c2)oc2ccccc23)cn1. The van der Waals surface area contributed by atoms with E-state index in [1.165, 1.54) is 0 Å². The highest BCUT2D eigenvalue weighted by Crippen LogP contribution is 2.30. The van der Waals surface area contributed by atoms with Crippen molar-refractivity contribution in [1.29, 1.82) is 0 Å². The highest BCUT2D eigenvalue weighted by Gasteiger charge is 2.08. The van der Waals surface area contributed by atoms with Gasteiger partial charge in [-0.1, -0.05) is 18.2 Å². The second kappa shape index (κ2) is 5.73. The summed E-state index contributed by atoms with van der Waals surface area (Å²) in [5.41, 5.74) is 3.22. The number of fused-ring (bicyclic) bond motifs is 3. The minimum atomic E-state index is -0.269. The van der Waals surface area contributed by atoms with E-state index in [2.05, 4.69) is 15.7 Å². The molecule has 0 aliphatic rings. The van der Waals surface area contributed by atoms with Gasteiger partial charge in [0.15, 0.2) is 0 Å². The lowest BCUT2D eigenvalue weighted by Crippen LogP contribution is -2.27. The summed E-state index contributed by atoms with van der Waals surface area (Å²) >= 11 is 0. The van der Waals surface area contributed by atoms with Gasteiger partial charge in [0.2, 0.25) is 0 Å². The van der Waals surface area contributed by atoms with Crippen molar-refractivity contribution in [2.45, 2.75) is 6.54 Å². The summed E-state index contributed by atoms with van der Waals surface area (Å²) in [4.78, 5) is 12.0. The smallest absolute Gasteiger partial charge is 0.319 e. The number of aryl methyl sites for hydroxylation is 1. The van der Waals surface area contributed by atoms with Gasteiger partial charge in [-0.2, -0.15) is 5.10 Å². The molecule has 2 heterocycles. The third-order valence-electron chi connectivity index (χ3n) is 3.85. The summed E-state index contributed by atoms with van der Waals surface area (Å²) in [5.74, 6) is 0. The van der Waals surface area contributed by atoms with Gasteiger partial charge in [-0.3, -0.25) is 4.68 Å². The van der Waals surface area contributed by atoms with Crippen molar-refractivity contribution in [3.05, 3.63) is 60.4 Å². The number of carbonyl (C=O) groups is 1. The normalized spacial score (nSPS) is 11.0. The molecule has 2 aromatic heterocycles. The number of benzene rings is 2. The summed E-state index contributed by atoms with van der Waals surface area (Å²) in [5, 5.41) is 11.8. The van der Waals surface area contributed by atoms with Crippen LogP contribution in [0.3, 0.4) is 0 Å². The number of urea groups is 1. The van der Waals surface area contributed by atoms with Gasteiger partial charge in [0.1, 0.15) is 11.2 Å². The van der Waals surface area contributed by atoms with Crippen molar-refractivity contribution >= 4 is 33.7 Å². The molecule has 6 heteroatoms. The minimum absolute atomic E-state index is 0.269. The van der Waals surface area contributed by atoms with Gasteiger partial charge >= 0.3 is 6.03 Å². The van der Waals surface area contributed by atoms with Crippen LogP contribution in [0.25, 0.3) is 21.9 Å². The lowest BCUT2D eigenvalue weighted by Gasteiger charge is -2.06. The molecule has 0 saturated carbocycles. The molecule has 0 unspecified atom stereocenters. The number of amides is 2. The molecule has 0 spiro atoms. The van der Waals surface area contributed by atoms with E-state index >= 15 is 0 Å². The lowest BCUT2D eigenvalue weighted by atomic mass is 10.1. The number of hydrogen-bond donors (Lipinski definition) is 2. The first-order valence-electron chi connectivity index (χ1n) is 7.63. The fourth-order valence-corrected chi connectivity index (χ4v) is 2.72. The summed E-state index contributed by atoms with van der Waals surface area (Å²) in [6.07, 6.45) is 3.58. The maximum Gasteiger partial charge on any atom is 0.319 e. The van der Waals surface area contributed by atoms with Crippen LogP contribution in [-0.4, -0.2) is 15.8 Å². The Balaban J connectivity index is 1.49. The maximum absolute atomic E-state index is 12.0. The van der Waals surface area contributed by atoms with Crippen LogP contribution in [-0.2, 0) is 13.6 Å². The standard InChI is InChI=1S/C18H16N4O2/c1-22-11-12(10-20-22)9-19-18(23)21-13-6-7-15-14-4-2-3-5-16(14)24-17(15)8-13/h2-8,10-11H,9H2,1H3,(H2,19,21,23). The van der Waals surface area contributed by atoms with Gasteiger partial charge in [-0.05, 0) is 18.2 Å². The van der Waals surface area contributed by atoms with E-state index in [-0.39, 0.29) is 6.03 Å². The Morgan fingerprint density at radius 3 is 2.83 bits per heavy atom. The van der Waals surface area contributed by atoms with Crippen molar-refractivity contribution in [3.8, 4) is 0 Å². The molecule has 0 saturated heterocycles. The van der Waals surface area contributed by atoms with E-state index in [1.807, 2.05) is 55.7 Å². The molecule has 0 fully saturated rings. The van der Waals surface area contributed by atoms with Crippen LogP contribution >= 0.6 is 0 Å². The first kappa shape index (κ1) is 14.3. The molecule has 120 valence electrons. The van der Waals surface area contributed by atoms with Gasteiger partial charge in [-0.15, -0.1) is 0 Å². The minimum Gasteiger partial charge on any atom is -0.456 e. The number of hydrogen-bond acceptors (Lipinski definition) is 3. The van der Waals surface area contributed by atoms with E-state index in [0.717, 1.165) is 27.5 Å². The molecule has 24 heavy (non-hydrogen) atoms. The third kappa shape index (κ3) is 2.69.